The molecule has 0 unspecified atom stereocenters. The summed E-state index contributed by atoms with van der Waals surface area (Å²) in [6.45, 7) is 3.70. The van der Waals surface area contributed by atoms with E-state index < -0.39 is 0 Å². The zero-order valence-electron chi connectivity index (χ0n) is 9.12. The maximum atomic E-state index is 11.9. The summed E-state index contributed by atoms with van der Waals surface area (Å²) in [6.07, 6.45) is 1.83. The van der Waals surface area contributed by atoms with Crippen LogP contribution in [0.2, 0.25) is 0 Å². The van der Waals surface area contributed by atoms with Gasteiger partial charge in [-0.15, -0.1) is 0 Å². The molecule has 0 bridgehead atoms. The number of carbonyl (C=O) groups excluding carboxylic acids is 1. The highest BCUT2D eigenvalue weighted by Crippen LogP contribution is 2.21. The van der Waals surface area contributed by atoms with Crippen LogP contribution in [0.1, 0.15) is 13.8 Å². The van der Waals surface area contributed by atoms with E-state index in [2.05, 4.69) is 22.6 Å². The molecule has 0 fully saturated rings. The summed E-state index contributed by atoms with van der Waals surface area (Å²) in [7, 11) is 1.80. The summed E-state index contributed by atoms with van der Waals surface area (Å²) in [5, 5.41) is 0. The molecule has 1 rings (SSSR count). The summed E-state index contributed by atoms with van der Waals surface area (Å²) in [6, 6.07) is 7.84. The highest BCUT2D eigenvalue weighted by Gasteiger charge is 2.13. The van der Waals surface area contributed by atoms with Crippen LogP contribution in [-0.4, -0.2) is 13.0 Å². The van der Waals surface area contributed by atoms with Crippen LogP contribution in [0.3, 0.4) is 0 Å². The molecule has 1 aromatic rings. The van der Waals surface area contributed by atoms with Crippen molar-refractivity contribution >= 4 is 34.2 Å². The molecule has 0 spiro atoms. The van der Waals surface area contributed by atoms with Gasteiger partial charge in [0.15, 0.2) is 0 Å². The van der Waals surface area contributed by atoms with E-state index in [1.807, 2.05) is 44.2 Å². The largest absolute Gasteiger partial charge is 0.311 e. The molecule has 0 aliphatic carbocycles. The molecular weight excluding hydrogens is 301 g/mol. The molecule has 0 aromatic heterocycles. The number of carbonyl (C=O) groups is 1. The normalized spacial score (nSPS) is 11.3. The predicted octanol–water partition coefficient (Wildman–Crippen LogP) is 3.22. The van der Waals surface area contributed by atoms with Gasteiger partial charge in [-0.05, 0) is 48.6 Å². The smallest absolute Gasteiger partial charge is 0.253 e. The topological polar surface area (TPSA) is 20.3 Å². The minimum absolute atomic E-state index is 0.0432. The Bertz CT molecular complexity index is 398. The van der Waals surface area contributed by atoms with Crippen LogP contribution in [0.25, 0.3) is 0 Å². The van der Waals surface area contributed by atoms with Crippen LogP contribution in [0.15, 0.2) is 35.9 Å². The van der Waals surface area contributed by atoms with E-state index in [0.29, 0.717) is 0 Å². The van der Waals surface area contributed by atoms with E-state index >= 15 is 0 Å². The second-order valence-corrected chi connectivity index (χ2v) is 4.45. The summed E-state index contributed by atoms with van der Waals surface area (Å²) in [5.41, 5.74) is 1.71. The van der Waals surface area contributed by atoms with Crippen molar-refractivity contribution in [3.05, 3.63) is 39.5 Å². The van der Waals surface area contributed by atoms with E-state index in [1.165, 1.54) is 0 Å². The van der Waals surface area contributed by atoms with Gasteiger partial charge >= 0.3 is 0 Å². The predicted molar refractivity (Wildman–Crippen MR) is 72.0 cm³/mol. The van der Waals surface area contributed by atoms with Crippen LogP contribution in [0, 0.1) is 3.57 Å². The van der Waals surface area contributed by atoms with E-state index in [1.54, 1.807) is 11.9 Å². The van der Waals surface area contributed by atoms with Crippen LogP contribution in [0.4, 0.5) is 5.69 Å². The summed E-state index contributed by atoms with van der Waals surface area (Å²) in [5.74, 6) is 0.0432. The van der Waals surface area contributed by atoms with Crippen molar-refractivity contribution in [2.75, 3.05) is 11.9 Å². The maximum Gasteiger partial charge on any atom is 0.253 e. The highest BCUT2D eigenvalue weighted by atomic mass is 127. The van der Waals surface area contributed by atoms with E-state index in [0.717, 1.165) is 14.8 Å². The first-order valence-corrected chi connectivity index (χ1v) is 5.81. The summed E-state index contributed by atoms with van der Waals surface area (Å²) < 4.78 is 1.08. The fraction of sp³-hybridized carbons (Fsp3) is 0.250. The average molecular weight is 315 g/mol. The van der Waals surface area contributed by atoms with E-state index in [9.17, 15) is 4.79 Å². The lowest BCUT2D eigenvalue weighted by molar-refractivity contribution is -0.114. The SMILES string of the molecule is C/C=C(\C)C(=O)N(C)c1ccccc1I. The number of nitrogens with zero attached hydrogens (tertiary/aromatic N) is 1. The lowest BCUT2D eigenvalue weighted by Crippen LogP contribution is -2.27. The first kappa shape index (κ1) is 12.2. The Morgan fingerprint density at radius 3 is 2.53 bits per heavy atom. The Morgan fingerprint density at radius 1 is 1.40 bits per heavy atom. The molecule has 80 valence electrons. The minimum Gasteiger partial charge on any atom is -0.311 e. The van der Waals surface area contributed by atoms with Crippen molar-refractivity contribution < 1.29 is 4.79 Å². The van der Waals surface area contributed by atoms with Gasteiger partial charge in [0.2, 0.25) is 0 Å². The molecule has 0 N–H and O–H groups in total. The van der Waals surface area contributed by atoms with Gasteiger partial charge in [-0.25, -0.2) is 0 Å². The highest BCUT2D eigenvalue weighted by molar-refractivity contribution is 14.1. The number of rotatable bonds is 2. The van der Waals surface area contributed by atoms with Gasteiger partial charge < -0.3 is 4.90 Å². The number of likely N-dealkylation sites (N-methyl/N-ethyl adjacent to an activating group) is 1. The molecule has 3 heteroatoms. The molecule has 0 atom stereocenters. The standard InChI is InChI=1S/C12H14INO/c1-4-9(2)12(15)14(3)11-8-6-5-7-10(11)13/h4-8H,1-3H3/b9-4+. The first-order chi connectivity index (χ1) is 7.07. The number of anilines is 1. The van der Waals surface area contributed by atoms with Gasteiger partial charge in [0, 0.05) is 16.2 Å². The van der Waals surface area contributed by atoms with Crippen molar-refractivity contribution in [2.24, 2.45) is 0 Å². The molecule has 0 aliphatic heterocycles. The zero-order valence-corrected chi connectivity index (χ0v) is 11.3. The fourth-order valence-corrected chi connectivity index (χ4v) is 1.97. The molecule has 1 aromatic carbocycles. The second-order valence-electron chi connectivity index (χ2n) is 3.29. The van der Waals surface area contributed by atoms with Crippen LogP contribution in [-0.2, 0) is 4.79 Å². The van der Waals surface area contributed by atoms with Gasteiger partial charge in [-0.2, -0.15) is 0 Å². The number of amides is 1. The molecule has 15 heavy (non-hydrogen) atoms. The molecule has 0 aliphatic rings. The van der Waals surface area contributed by atoms with Crippen LogP contribution >= 0.6 is 22.6 Å². The first-order valence-electron chi connectivity index (χ1n) is 4.73. The Balaban J connectivity index is 3.00. The van der Waals surface area contributed by atoms with Crippen molar-refractivity contribution in [3.8, 4) is 0 Å². The molecular formula is C12H14INO. The van der Waals surface area contributed by atoms with Gasteiger partial charge in [-0.1, -0.05) is 18.2 Å². The monoisotopic (exact) mass is 315 g/mol. The Kier molecular flexibility index (Phi) is 4.32. The number of hydrogen-bond acceptors (Lipinski definition) is 1. The van der Waals surface area contributed by atoms with Crippen LogP contribution < -0.4 is 4.90 Å². The van der Waals surface area contributed by atoms with Crippen molar-refractivity contribution in [1.29, 1.82) is 0 Å². The van der Waals surface area contributed by atoms with Gasteiger partial charge in [0.1, 0.15) is 0 Å². The Labute approximate surface area is 104 Å². The van der Waals surface area contributed by atoms with Gasteiger partial charge in [-0.3, -0.25) is 4.79 Å². The Morgan fingerprint density at radius 2 is 2.00 bits per heavy atom. The number of allylic oxidation sites excluding steroid dienone is 1. The van der Waals surface area contributed by atoms with Gasteiger partial charge in [0.25, 0.3) is 5.91 Å². The van der Waals surface area contributed by atoms with E-state index in [4.69, 9.17) is 0 Å². The fourth-order valence-electron chi connectivity index (χ4n) is 1.22. The number of benzene rings is 1. The number of halogens is 1. The Hall–Kier alpha value is -0.840. The minimum atomic E-state index is 0.0432. The molecule has 1 amide bonds. The third kappa shape index (κ3) is 2.81. The lowest BCUT2D eigenvalue weighted by atomic mass is 10.2. The average Bonchev–Trinajstić information content (AvgIpc) is 2.26. The van der Waals surface area contributed by atoms with Crippen molar-refractivity contribution in [1.82, 2.24) is 0 Å². The molecule has 0 saturated carbocycles. The molecule has 2 nitrogen and oxygen atoms in total. The third-order valence-corrected chi connectivity index (χ3v) is 3.20. The van der Waals surface area contributed by atoms with E-state index in [-0.39, 0.29) is 5.91 Å². The summed E-state index contributed by atoms with van der Waals surface area (Å²) in [4.78, 5) is 13.6. The van der Waals surface area contributed by atoms with Crippen LogP contribution in [0.5, 0.6) is 0 Å². The second kappa shape index (κ2) is 5.30. The number of para-hydroxylation sites is 1. The molecule has 0 heterocycles. The lowest BCUT2D eigenvalue weighted by Gasteiger charge is -2.18. The maximum absolute atomic E-state index is 11.9. The number of hydrogen-bond donors (Lipinski definition) is 0. The quantitative estimate of drug-likeness (QED) is 0.606. The third-order valence-electron chi connectivity index (χ3n) is 2.29. The molecule has 0 saturated heterocycles. The molecule has 0 radical (unpaired) electrons. The zero-order chi connectivity index (χ0) is 11.4. The van der Waals surface area contributed by atoms with Crippen molar-refractivity contribution in [3.63, 3.8) is 0 Å². The van der Waals surface area contributed by atoms with Gasteiger partial charge in [0.05, 0.1) is 5.69 Å². The van der Waals surface area contributed by atoms with Crippen molar-refractivity contribution in [2.45, 2.75) is 13.8 Å². The summed E-state index contributed by atoms with van der Waals surface area (Å²) >= 11 is 2.23.